The van der Waals surface area contributed by atoms with Crippen LogP contribution in [0.15, 0.2) is 81.9 Å². The van der Waals surface area contributed by atoms with E-state index in [4.69, 9.17) is 44.3 Å². The number of nitrogens with zero attached hydrogens (tertiary/aromatic N) is 1. The van der Waals surface area contributed by atoms with Crippen LogP contribution in [0.25, 0.3) is 6.08 Å². The van der Waals surface area contributed by atoms with Gasteiger partial charge in [0.25, 0.3) is 5.91 Å². The molecule has 3 aromatic rings. The molecule has 0 fully saturated rings. The van der Waals surface area contributed by atoms with Crippen LogP contribution in [0.2, 0.25) is 15.1 Å². The largest absolute Gasteiger partial charge is 0.506 e. The van der Waals surface area contributed by atoms with Crippen LogP contribution in [0.1, 0.15) is 28.4 Å². The van der Waals surface area contributed by atoms with E-state index in [1.165, 1.54) is 6.07 Å². The third kappa shape index (κ3) is 7.18. The van der Waals surface area contributed by atoms with Crippen molar-refractivity contribution >= 4 is 92.2 Å². The zero-order valence-corrected chi connectivity index (χ0v) is 25.5. The lowest BCUT2D eigenvalue weighted by molar-refractivity contribution is -0.138. The molecule has 0 aliphatic carbocycles. The maximum absolute atomic E-state index is 12.8. The van der Waals surface area contributed by atoms with Crippen LogP contribution in [0.5, 0.6) is 5.75 Å². The van der Waals surface area contributed by atoms with Gasteiger partial charge < -0.3 is 14.6 Å². The summed E-state index contributed by atoms with van der Waals surface area (Å²) in [5, 5.41) is 12.2. The molecule has 0 atom stereocenters. The summed E-state index contributed by atoms with van der Waals surface area (Å²) in [5.41, 5.74) is 1.53. The summed E-state index contributed by atoms with van der Waals surface area (Å²) in [5.74, 6) is -1.11. The molecule has 1 amide bonds. The number of aliphatic hydroxyl groups excluding tert-OH is 1. The van der Waals surface area contributed by atoms with Crippen LogP contribution in [0, 0.1) is 3.57 Å². The van der Waals surface area contributed by atoms with Crippen molar-refractivity contribution in [1.82, 2.24) is 0 Å². The van der Waals surface area contributed by atoms with E-state index in [0.29, 0.717) is 20.7 Å². The number of hydrogen-bond donors (Lipinski definition) is 1. The number of rotatable bonds is 7. The quantitative estimate of drug-likeness (QED) is 0.195. The van der Waals surface area contributed by atoms with E-state index in [9.17, 15) is 14.7 Å². The molecule has 0 radical (unpaired) electrons. The van der Waals surface area contributed by atoms with E-state index >= 15 is 0 Å². The first-order valence-electron chi connectivity index (χ1n) is 11.4. The smallest absolute Gasteiger partial charge is 0.344 e. The Morgan fingerprint density at radius 3 is 2.51 bits per heavy atom. The maximum Gasteiger partial charge on any atom is 0.344 e. The number of halogens is 4. The van der Waals surface area contributed by atoms with Crippen LogP contribution in [0.3, 0.4) is 0 Å². The van der Waals surface area contributed by atoms with Crippen molar-refractivity contribution < 1.29 is 24.2 Å². The molecule has 1 heterocycles. The molecular weight excluding hydrogens is 696 g/mol. The van der Waals surface area contributed by atoms with Crippen LogP contribution >= 0.6 is 69.2 Å². The molecule has 0 bridgehead atoms. The minimum atomic E-state index is -0.782. The molecule has 3 aromatic carbocycles. The Labute approximate surface area is 257 Å². The number of carbonyl (C=O) groups excluding carboxylic acids is 2. The molecule has 11 heteroatoms. The Kier molecular flexibility index (Phi) is 10.0. The summed E-state index contributed by atoms with van der Waals surface area (Å²) >= 11 is 21.5. The van der Waals surface area contributed by atoms with Gasteiger partial charge in [-0.25, -0.2) is 9.79 Å². The van der Waals surface area contributed by atoms with E-state index in [-0.39, 0.29) is 40.2 Å². The second kappa shape index (κ2) is 13.2. The lowest BCUT2D eigenvalue weighted by Gasteiger charge is -2.10. The van der Waals surface area contributed by atoms with Gasteiger partial charge in [-0.1, -0.05) is 70.8 Å². The first-order valence-corrected chi connectivity index (χ1v) is 14.4. The predicted molar refractivity (Wildman–Crippen MR) is 165 cm³/mol. The standard InChI is InChI=1S/C28H19Cl3INO5S/c1-2-37-28(36)24-25(34)23(39-27(24)33-26(35)18-5-3-4-6-19(18)30)12-15-7-10-22(21(32)11-15)38-14-16-8-9-17(29)13-20(16)31/h3-13,34H,2,14H2,1H3/b23-12-,33-27?. The average Bonchev–Trinajstić information content (AvgIpc) is 3.19. The second-order valence-corrected chi connectivity index (χ2v) is 11.4. The zero-order valence-electron chi connectivity index (χ0n) is 20.2. The Morgan fingerprint density at radius 1 is 1.05 bits per heavy atom. The van der Waals surface area contributed by atoms with Gasteiger partial charge in [0.15, 0.2) is 0 Å². The molecule has 1 aliphatic rings. The van der Waals surface area contributed by atoms with E-state index in [0.717, 1.165) is 26.5 Å². The molecule has 39 heavy (non-hydrogen) atoms. The summed E-state index contributed by atoms with van der Waals surface area (Å²) in [6.07, 6.45) is 1.68. The highest BCUT2D eigenvalue weighted by Gasteiger charge is 2.34. The highest BCUT2D eigenvalue weighted by Crippen LogP contribution is 2.40. The number of hydrogen-bond acceptors (Lipinski definition) is 6. The van der Waals surface area contributed by atoms with Crippen LogP contribution in [0.4, 0.5) is 0 Å². The summed E-state index contributed by atoms with van der Waals surface area (Å²) in [4.78, 5) is 29.9. The fourth-order valence-corrected chi connectivity index (χ4v) is 5.84. The SMILES string of the molecule is CCOC(=O)C1=C(O)/C(=C/c2ccc(OCc3ccc(Cl)cc3Cl)c(I)c2)SC1=NC(=O)c1ccccc1Cl. The van der Waals surface area contributed by atoms with Crippen LogP contribution < -0.4 is 4.74 Å². The van der Waals surface area contributed by atoms with Crippen molar-refractivity contribution in [1.29, 1.82) is 0 Å². The summed E-state index contributed by atoms with van der Waals surface area (Å²) in [6, 6.07) is 17.1. The minimum absolute atomic E-state index is 0.0246. The molecule has 0 saturated carbocycles. The highest BCUT2D eigenvalue weighted by molar-refractivity contribution is 14.1. The van der Waals surface area contributed by atoms with Gasteiger partial charge in [0, 0.05) is 15.6 Å². The lowest BCUT2D eigenvalue weighted by Crippen LogP contribution is -2.14. The number of benzene rings is 3. The van der Waals surface area contributed by atoms with Crippen molar-refractivity contribution in [2.24, 2.45) is 4.99 Å². The minimum Gasteiger partial charge on any atom is -0.506 e. The molecule has 1 N–H and O–H groups in total. The zero-order chi connectivity index (χ0) is 28.1. The first-order chi connectivity index (χ1) is 18.7. The van der Waals surface area contributed by atoms with Gasteiger partial charge in [-0.15, -0.1) is 0 Å². The van der Waals surface area contributed by atoms with Crippen molar-refractivity contribution in [3.63, 3.8) is 0 Å². The Bertz CT molecular complexity index is 1550. The van der Waals surface area contributed by atoms with Gasteiger partial charge in [0.05, 0.1) is 25.7 Å². The monoisotopic (exact) mass is 713 g/mol. The van der Waals surface area contributed by atoms with Crippen molar-refractivity contribution in [2.45, 2.75) is 13.5 Å². The fraction of sp³-hybridized carbons (Fsp3) is 0.107. The summed E-state index contributed by atoms with van der Waals surface area (Å²) < 4.78 is 11.8. The van der Waals surface area contributed by atoms with Crippen molar-refractivity contribution in [2.75, 3.05) is 6.61 Å². The number of aliphatic imine (C=N–C) groups is 1. The Morgan fingerprint density at radius 2 is 1.82 bits per heavy atom. The van der Waals surface area contributed by atoms with Gasteiger partial charge in [-0.05, 0) is 77.6 Å². The molecule has 0 aromatic heterocycles. The number of ether oxygens (including phenoxy) is 2. The summed E-state index contributed by atoms with van der Waals surface area (Å²) in [7, 11) is 0. The fourth-order valence-electron chi connectivity index (χ4n) is 3.45. The van der Waals surface area contributed by atoms with E-state index in [2.05, 4.69) is 27.6 Å². The van der Waals surface area contributed by atoms with Crippen LogP contribution in [-0.4, -0.2) is 28.6 Å². The van der Waals surface area contributed by atoms with Crippen LogP contribution in [-0.2, 0) is 16.1 Å². The maximum atomic E-state index is 12.8. The van der Waals surface area contributed by atoms with E-state index in [1.807, 2.05) is 6.07 Å². The van der Waals surface area contributed by atoms with Gasteiger partial charge >= 0.3 is 5.97 Å². The van der Waals surface area contributed by atoms with Gasteiger partial charge in [-0.3, -0.25) is 4.79 Å². The number of thioether (sulfide) groups is 1. The van der Waals surface area contributed by atoms with Gasteiger partial charge in [-0.2, -0.15) is 0 Å². The Balaban J connectivity index is 1.60. The molecule has 200 valence electrons. The number of carbonyl (C=O) groups is 2. The molecule has 4 rings (SSSR count). The first kappa shape index (κ1) is 29.5. The molecule has 0 unspecified atom stereocenters. The molecular formula is C28H19Cl3INO5S. The average molecular weight is 715 g/mol. The van der Waals surface area contributed by atoms with Gasteiger partial charge in [0.1, 0.15) is 28.7 Å². The number of amides is 1. The summed E-state index contributed by atoms with van der Waals surface area (Å²) in [6.45, 7) is 1.99. The molecule has 0 saturated heterocycles. The van der Waals surface area contributed by atoms with E-state index < -0.39 is 11.9 Å². The van der Waals surface area contributed by atoms with Crippen molar-refractivity contribution in [3.8, 4) is 5.75 Å². The lowest BCUT2D eigenvalue weighted by atomic mass is 10.1. The Hall–Kier alpha value is -2.50. The van der Waals surface area contributed by atoms with Gasteiger partial charge in [0.2, 0.25) is 0 Å². The number of aliphatic hydroxyl groups is 1. The van der Waals surface area contributed by atoms with E-state index in [1.54, 1.807) is 61.5 Å². The predicted octanol–water partition coefficient (Wildman–Crippen LogP) is 8.53. The molecule has 1 aliphatic heterocycles. The normalized spacial score (nSPS) is 15.2. The van der Waals surface area contributed by atoms with Crippen molar-refractivity contribution in [3.05, 3.63) is 112 Å². The third-order valence-electron chi connectivity index (χ3n) is 5.33. The molecule has 0 spiro atoms. The number of esters is 1. The second-order valence-electron chi connectivity index (χ2n) is 7.97. The third-order valence-corrected chi connectivity index (χ3v) is 8.11. The topological polar surface area (TPSA) is 85.2 Å². The molecule has 6 nitrogen and oxygen atoms in total. The highest BCUT2D eigenvalue weighted by atomic mass is 127.